The van der Waals surface area contributed by atoms with Crippen LogP contribution in [0.5, 0.6) is 0 Å². The number of aliphatic hydroxyl groups is 1. The summed E-state index contributed by atoms with van der Waals surface area (Å²) in [6.45, 7) is 10.0. The topological polar surface area (TPSA) is 38.0 Å². The Labute approximate surface area is 123 Å². The number of rotatable bonds is 3. The van der Waals surface area contributed by atoms with Crippen LogP contribution in [0, 0.1) is 11.3 Å². The van der Waals surface area contributed by atoms with Gasteiger partial charge in [0, 0.05) is 25.4 Å². The summed E-state index contributed by atoms with van der Waals surface area (Å²) < 4.78 is 2.14. The van der Waals surface area contributed by atoms with Gasteiger partial charge >= 0.3 is 0 Å². The Morgan fingerprint density at radius 3 is 2.75 bits per heavy atom. The second-order valence-electron chi connectivity index (χ2n) is 7.52. The van der Waals surface area contributed by atoms with Crippen LogP contribution in [0.4, 0.5) is 0 Å². The van der Waals surface area contributed by atoms with Gasteiger partial charge in [-0.25, -0.2) is 4.98 Å². The third kappa shape index (κ3) is 3.63. The largest absolute Gasteiger partial charge is 0.389 e. The highest BCUT2D eigenvalue weighted by Gasteiger charge is 2.35. The maximum atomic E-state index is 11.0. The van der Waals surface area contributed by atoms with Crippen molar-refractivity contribution in [2.45, 2.75) is 78.4 Å². The lowest BCUT2D eigenvalue weighted by molar-refractivity contribution is 0.0200. The van der Waals surface area contributed by atoms with Crippen LogP contribution in [0.3, 0.4) is 0 Å². The summed E-state index contributed by atoms with van der Waals surface area (Å²) in [4.78, 5) is 4.43. The maximum Gasteiger partial charge on any atom is 0.111 e. The summed E-state index contributed by atoms with van der Waals surface area (Å²) in [5.41, 5.74) is -0.203. The molecule has 0 amide bonds. The van der Waals surface area contributed by atoms with Gasteiger partial charge in [0.05, 0.1) is 5.60 Å². The van der Waals surface area contributed by atoms with Crippen molar-refractivity contribution in [2.24, 2.45) is 11.3 Å². The number of imidazole rings is 1. The molecule has 1 saturated carbocycles. The van der Waals surface area contributed by atoms with Gasteiger partial charge in [0.25, 0.3) is 0 Å². The fourth-order valence-corrected chi connectivity index (χ4v) is 3.52. The first kappa shape index (κ1) is 15.6. The second kappa shape index (κ2) is 5.88. The molecular formula is C17H30N2O. The lowest BCUT2D eigenvalue weighted by Gasteiger charge is -2.31. The zero-order valence-corrected chi connectivity index (χ0v) is 13.5. The van der Waals surface area contributed by atoms with Gasteiger partial charge in [-0.1, -0.05) is 27.2 Å². The summed E-state index contributed by atoms with van der Waals surface area (Å²) >= 11 is 0. The molecule has 1 N–H and O–H groups in total. The number of aryl methyl sites for hydroxylation is 1. The van der Waals surface area contributed by atoms with Crippen LogP contribution >= 0.6 is 0 Å². The molecule has 0 aliphatic heterocycles. The van der Waals surface area contributed by atoms with Crippen LogP contribution in [-0.4, -0.2) is 20.3 Å². The zero-order valence-electron chi connectivity index (χ0n) is 13.5. The standard InChI is InChI=1S/C17H30N2O/c1-5-19-12-11-18-15(19)13-17(20)9-6-7-14(8-10-17)16(2,3)4/h11-12,14,20H,5-10,13H2,1-4H3. The lowest BCUT2D eigenvalue weighted by atomic mass is 9.76. The summed E-state index contributed by atoms with van der Waals surface area (Å²) in [5.74, 6) is 1.76. The Kier molecular flexibility index (Phi) is 4.58. The van der Waals surface area contributed by atoms with Crippen LogP contribution in [0.2, 0.25) is 0 Å². The highest BCUT2D eigenvalue weighted by atomic mass is 16.3. The molecule has 1 aliphatic rings. The van der Waals surface area contributed by atoms with E-state index in [1.54, 1.807) is 0 Å². The Balaban J connectivity index is 2.04. The van der Waals surface area contributed by atoms with E-state index in [4.69, 9.17) is 0 Å². The molecule has 0 aromatic carbocycles. The molecule has 1 aromatic rings. The first-order chi connectivity index (χ1) is 9.34. The predicted molar refractivity (Wildman–Crippen MR) is 82.6 cm³/mol. The van der Waals surface area contributed by atoms with Crippen molar-refractivity contribution in [3.8, 4) is 0 Å². The Morgan fingerprint density at radius 1 is 1.35 bits per heavy atom. The first-order valence-electron chi connectivity index (χ1n) is 8.06. The van der Waals surface area contributed by atoms with E-state index < -0.39 is 5.60 Å². The van der Waals surface area contributed by atoms with Gasteiger partial charge in [-0.15, -0.1) is 0 Å². The van der Waals surface area contributed by atoms with Crippen molar-refractivity contribution in [2.75, 3.05) is 0 Å². The Bertz CT molecular complexity index is 432. The fraction of sp³-hybridized carbons (Fsp3) is 0.824. The van der Waals surface area contributed by atoms with Gasteiger partial charge in [0.15, 0.2) is 0 Å². The van der Waals surface area contributed by atoms with E-state index in [1.807, 2.05) is 12.4 Å². The molecule has 2 unspecified atom stereocenters. The van der Waals surface area contributed by atoms with E-state index >= 15 is 0 Å². The monoisotopic (exact) mass is 278 g/mol. The van der Waals surface area contributed by atoms with Gasteiger partial charge in [-0.05, 0) is 43.9 Å². The van der Waals surface area contributed by atoms with Crippen molar-refractivity contribution < 1.29 is 5.11 Å². The van der Waals surface area contributed by atoms with E-state index in [0.717, 1.165) is 44.0 Å². The average Bonchev–Trinajstić information content (AvgIpc) is 2.68. The van der Waals surface area contributed by atoms with Gasteiger partial charge in [-0.3, -0.25) is 0 Å². The van der Waals surface area contributed by atoms with Crippen molar-refractivity contribution in [3.63, 3.8) is 0 Å². The normalized spacial score (nSPS) is 28.4. The minimum atomic E-state index is -0.557. The molecule has 1 aromatic heterocycles. The van der Waals surface area contributed by atoms with Crippen LogP contribution < -0.4 is 0 Å². The molecule has 0 radical (unpaired) electrons. The molecule has 114 valence electrons. The Hall–Kier alpha value is -0.830. The SMILES string of the molecule is CCn1ccnc1CC1(O)CCCC(C(C)(C)C)CC1. The molecule has 1 fully saturated rings. The number of aromatic nitrogens is 2. The minimum Gasteiger partial charge on any atom is -0.389 e. The van der Waals surface area contributed by atoms with E-state index in [9.17, 15) is 5.11 Å². The smallest absolute Gasteiger partial charge is 0.111 e. The first-order valence-corrected chi connectivity index (χ1v) is 8.06. The highest BCUT2D eigenvalue weighted by molar-refractivity contribution is 5.00. The van der Waals surface area contributed by atoms with Crippen molar-refractivity contribution in [3.05, 3.63) is 18.2 Å². The molecule has 3 nitrogen and oxygen atoms in total. The second-order valence-corrected chi connectivity index (χ2v) is 7.52. The van der Waals surface area contributed by atoms with E-state index in [0.29, 0.717) is 11.8 Å². The summed E-state index contributed by atoms with van der Waals surface area (Å²) in [5, 5.41) is 11.0. The third-order valence-electron chi connectivity index (χ3n) is 5.01. The number of hydrogen-bond acceptors (Lipinski definition) is 2. The Morgan fingerprint density at radius 2 is 2.10 bits per heavy atom. The molecular weight excluding hydrogens is 248 g/mol. The quantitative estimate of drug-likeness (QED) is 0.854. The average molecular weight is 278 g/mol. The summed E-state index contributed by atoms with van der Waals surface area (Å²) in [6.07, 6.45) is 9.88. The van der Waals surface area contributed by atoms with Gasteiger partial charge < -0.3 is 9.67 Å². The summed E-state index contributed by atoms with van der Waals surface area (Å²) in [6, 6.07) is 0. The van der Waals surface area contributed by atoms with Gasteiger partial charge in [0.1, 0.15) is 5.82 Å². The van der Waals surface area contributed by atoms with E-state index in [-0.39, 0.29) is 0 Å². The number of hydrogen-bond donors (Lipinski definition) is 1. The van der Waals surface area contributed by atoms with Gasteiger partial charge in [-0.2, -0.15) is 0 Å². The van der Waals surface area contributed by atoms with Crippen LogP contribution in [0.25, 0.3) is 0 Å². The molecule has 0 saturated heterocycles. The van der Waals surface area contributed by atoms with Gasteiger partial charge in [0.2, 0.25) is 0 Å². The van der Waals surface area contributed by atoms with Crippen molar-refractivity contribution in [1.29, 1.82) is 0 Å². The van der Waals surface area contributed by atoms with E-state index in [1.165, 1.54) is 6.42 Å². The van der Waals surface area contributed by atoms with Crippen LogP contribution in [-0.2, 0) is 13.0 Å². The molecule has 1 heterocycles. The minimum absolute atomic E-state index is 0.354. The molecule has 3 heteroatoms. The third-order valence-corrected chi connectivity index (χ3v) is 5.01. The molecule has 1 aliphatic carbocycles. The van der Waals surface area contributed by atoms with Crippen molar-refractivity contribution in [1.82, 2.24) is 9.55 Å². The highest BCUT2D eigenvalue weighted by Crippen LogP contribution is 2.40. The molecule has 2 atom stereocenters. The summed E-state index contributed by atoms with van der Waals surface area (Å²) in [7, 11) is 0. The molecule has 2 rings (SSSR count). The lowest BCUT2D eigenvalue weighted by Crippen LogP contribution is -2.32. The molecule has 20 heavy (non-hydrogen) atoms. The fourth-order valence-electron chi connectivity index (χ4n) is 3.52. The predicted octanol–water partition coefficient (Wildman–Crippen LogP) is 3.80. The zero-order chi connectivity index (χ0) is 14.8. The van der Waals surface area contributed by atoms with Crippen LogP contribution in [0.1, 0.15) is 65.6 Å². The maximum absolute atomic E-state index is 11.0. The van der Waals surface area contributed by atoms with E-state index in [2.05, 4.69) is 37.2 Å². The molecule has 0 bridgehead atoms. The number of nitrogens with zero attached hydrogens (tertiary/aromatic N) is 2. The van der Waals surface area contributed by atoms with Crippen molar-refractivity contribution >= 4 is 0 Å². The van der Waals surface area contributed by atoms with Crippen LogP contribution in [0.15, 0.2) is 12.4 Å². The molecule has 0 spiro atoms.